The number of anilines is 1. The quantitative estimate of drug-likeness (QED) is 0.896. The third kappa shape index (κ3) is 2.71. The van der Waals surface area contributed by atoms with Crippen LogP contribution in [0.2, 0.25) is 5.02 Å². The molecule has 0 amide bonds. The molecule has 1 saturated carbocycles. The highest BCUT2D eigenvalue weighted by Gasteiger charge is 2.27. The fourth-order valence-electron chi connectivity index (χ4n) is 2.31. The van der Waals surface area contributed by atoms with E-state index in [1.165, 1.54) is 0 Å². The van der Waals surface area contributed by atoms with Crippen LogP contribution in [0, 0.1) is 11.3 Å². The number of ether oxygens (including phenoxy) is 1. The lowest BCUT2D eigenvalue weighted by Gasteiger charge is -2.21. The van der Waals surface area contributed by atoms with Crippen molar-refractivity contribution in [2.45, 2.75) is 31.4 Å². The van der Waals surface area contributed by atoms with Crippen LogP contribution in [0.1, 0.15) is 24.8 Å². The standard InChI is InChI=1S/C13H15ClN2O/c1-17-13-4-2-3-11(13)16-12-7-10(14)6-5-9(12)8-15/h5-7,11,13,16H,2-4H2,1H3. The highest BCUT2D eigenvalue weighted by atomic mass is 35.5. The summed E-state index contributed by atoms with van der Waals surface area (Å²) >= 11 is 5.95. The Balaban J connectivity index is 2.18. The smallest absolute Gasteiger partial charge is 0.101 e. The van der Waals surface area contributed by atoms with E-state index in [2.05, 4.69) is 11.4 Å². The molecule has 4 heteroatoms. The van der Waals surface area contributed by atoms with Gasteiger partial charge in [0.05, 0.1) is 23.4 Å². The average Bonchev–Trinajstić information content (AvgIpc) is 2.77. The lowest BCUT2D eigenvalue weighted by molar-refractivity contribution is 0.101. The van der Waals surface area contributed by atoms with Crippen LogP contribution in [0.5, 0.6) is 0 Å². The maximum absolute atomic E-state index is 9.04. The predicted octanol–water partition coefficient (Wildman–Crippen LogP) is 3.19. The number of nitrogens with zero attached hydrogens (tertiary/aromatic N) is 1. The monoisotopic (exact) mass is 250 g/mol. The van der Waals surface area contributed by atoms with Crippen molar-refractivity contribution in [2.75, 3.05) is 12.4 Å². The number of methoxy groups -OCH3 is 1. The maximum atomic E-state index is 9.04. The highest BCUT2D eigenvalue weighted by Crippen LogP contribution is 2.28. The normalized spacial score (nSPS) is 23.4. The zero-order chi connectivity index (χ0) is 12.3. The van der Waals surface area contributed by atoms with E-state index in [0.717, 1.165) is 24.9 Å². The Bertz CT molecular complexity index is 442. The molecule has 0 heterocycles. The van der Waals surface area contributed by atoms with Crippen molar-refractivity contribution in [3.8, 4) is 6.07 Å². The summed E-state index contributed by atoms with van der Waals surface area (Å²) in [4.78, 5) is 0. The van der Waals surface area contributed by atoms with E-state index in [9.17, 15) is 0 Å². The molecule has 1 N–H and O–H groups in total. The summed E-state index contributed by atoms with van der Waals surface area (Å²) < 4.78 is 5.42. The van der Waals surface area contributed by atoms with Crippen molar-refractivity contribution in [3.05, 3.63) is 28.8 Å². The fraction of sp³-hybridized carbons (Fsp3) is 0.462. The second kappa shape index (κ2) is 5.39. The lowest BCUT2D eigenvalue weighted by Crippen LogP contribution is -2.30. The average molecular weight is 251 g/mol. The number of hydrogen-bond acceptors (Lipinski definition) is 3. The molecule has 0 saturated heterocycles. The molecule has 3 nitrogen and oxygen atoms in total. The second-order valence-electron chi connectivity index (χ2n) is 4.26. The van der Waals surface area contributed by atoms with Gasteiger partial charge in [0.1, 0.15) is 6.07 Å². The molecule has 2 rings (SSSR count). The number of nitrogens with one attached hydrogen (secondary N) is 1. The summed E-state index contributed by atoms with van der Waals surface area (Å²) in [5.74, 6) is 0. The lowest BCUT2D eigenvalue weighted by atomic mass is 10.1. The molecule has 0 aromatic heterocycles. The van der Waals surface area contributed by atoms with Crippen molar-refractivity contribution >= 4 is 17.3 Å². The van der Waals surface area contributed by atoms with Gasteiger partial charge in [0.25, 0.3) is 0 Å². The number of rotatable bonds is 3. The minimum absolute atomic E-state index is 0.223. The molecule has 90 valence electrons. The summed E-state index contributed by atoms with van der Waals surface area (Å²) in [6.45, 7) is 0. The van der Waals surface area contributed by atoms with E-state index in [1.807, 2.05) is 0 Å². The molecule has 1 fully saturated rings. The molecule has 1 aromatic carbocycles. The number of halogens is 1. The summed E-state index contributed by atoms with van der Waals surface area (Å²) in [7, 11) is 1.73. The maximum Gasteiger partial charge on any atom is 0.101 e. The predicted molar refractivity (Wildman–Crippen MR) is 68.2 cm³/mol. The third-order valence-corrected chi connectivity index (χ3v) is 3.43. The van der Waals surface area contributed by atoms with Crippen LogP contribution in [0.4, 0.5) is 5.69 Å². The molecule has 0 spiro atoms. The van der Waals surface area contributed by atoms with E-state index < -0.39 is 0 Å². The van der Waals surface area contributed by atoms with Crippen LogP contribution in [0.3, 0.4) is 0 Å². The molecule has 0 radical (unpaired) electrons. The van der Waals surface area contributed by atoms with E-state index in [4.69, 9.17) is 21.6 Å². The largest absolute Gasteiger partial charge is 0.379 e. The Morgan fingerprint density at radius 3 is 3.00 bits per heavy atom. The third-order valence-electron chi connectivity index (χ3n) is 3.20. The van der Waals surface area contributed by atoms with Crippen molar-refractivity contribution in [2.24, 2.45) is 0 Å². The van der Waals surface area contributed by atoms with Gasteiger partial charge in [0.15, 0.2) is 0 Å². The second-order valence-corrected chi connectivity index (χ2v) is 4.69. The van der Waals surface area contributed by atoms with Gasteiger partial charge in [-0.3, -0.25) is 0 Å². The number of nitriles is 1. The molecule has 17 heavy (non-hydrogen) atoms. The molecule has 2 atom stereocenters. The number of hydrogen-bond donors (Lipinski definition) is 1. The zero-order valence-electron chi connectivity index (χ0n) is 9.74. The van der Waals surface area contributed by atoms with E-state index in [1.54, 1.807) is 25.3 Å². The van der Waals surface area contributed by atoms with Crippen molar-refractivity contribution < 1.29 is 4.74 Å². The Morgan fingerprint density at radius 2 is 2.29 bits per heavy atom. The van der Waals surface area contributed by atoms with Crippen molar-refractivity contribution in [3.63, 3.8) is 0 Å². The van der Waals surface area contributed by atoms with Crippen LogP contribution in [-0.4, -0.2) is 19.3 Å². The van der Waals surface area contributed by atoms with Crippen LogP contribution < -0.4 is 5.32 Å². The number of benzene rings is 1. The Morgan fingerprint density at radius 1 is 1.47 bits per heavy atom. The molecule has 1 aliphatic carbocycles. The zero-order valence-corrected chi connectivity index (χ0v) is 10.5. The van der Waals surface area contributed by atoms with Gasteiger partial charge < -0.3 is 10.1 Å². The van der Waals surface area contributed by atoms with Gasteiger partial charge in [-0.2, -0.15) is 5.26 Å². The molecule has 0 aliphatic heterocycles. The molecular weight excluding hydrogens is 236 g/mol. The molecule has 2 unspecified atom stereocenters. The Labute approximate surface area is 106 Å². The summed E-state index contributed by atoms with van der Waals surface area (Å²) in [6.07, 6.45) is 3.51. The molecular formula is C13H15ClN2O. The van der Waals surface area contributed by atoms with Crippen LogP contribution >= 0.6 is 11.6 Å². The summed E-state index contributed by atoms with van der Waals surface area (Å²) in [5, 5.41) is 13.0. The molecule has 0 bridgehead atoms. The van der Waals surface area contributed by atoms with E-state index in [-0.39, 0.29) is 12.1 Å². The van der Waals surface area contributed by atoms with Crippen LogP contribution in [-0.2, 0) is 4.74 Å². The Kier molecular flexibility index (Phi) is 3.88. The van der Waals surface area contributed by atoms with E-state index >= 15 is 0 Å². The van der Waals surface area contributed by atoms with Gasteiger partial charge in [-0.25, -0.2) is 0 Å². The van der Waals surface area contributed by atoms with Gasteiger partial charge in [0, 0.05) is 12.1 Å². The van der Waals surface area contributed by atoms with E-state index in [0.29, 0.717) is 10.6 Å². The first kappa shape index (κ1) is 12.2. The van der Waals surface area contributed by atoms with Gasteiger partial charge >= 0.3 is 0 Å². The first-order valence-corrected chi connectivity index (χ1v) is 6.11. The van der Waals surface area contributed by atoms with Gasteiger partial charge in [-0.1, -0.05) is 11.6 Å². The SMILES string of the molecule is COC1CCCC1Nc1cc(Cl)ccc1C#N. The fourth-order valence-corrected chi connectivity index (χ4v) is 2.48. The Hall–Kier alpha value is -1.24. The van der Waals surface area contributed by atoms with Gasteiger partial charge in [0.2, 0.25) is 0 Å². The highest BCUT2D eigenvalue weighted by molar-refractivity contribution is 6.30. The minimum Gasteiger partial charge on any atom is -0.379 e. The van der Waals surface area contributed by atoms with Gasteiger partial charge in [-0.15, -0.1) is 0 Å². The first-order chi connectivity index (χ1) is 8.24. The summed E-state index contributed by atoms with van der Waals surface area (Å²) in [5.41, 5.74) is 1.42. The topological polar surface area (TPSA) is 45.0 Å². The van der Waals surface area contributed by atoms with Crippen LogP contribution in [0.25, 0.3) is 0 Å². The minimum atomic E-state index is 0.223. The van der Waals surface area contributed by atoms with Crippen molar-refractivity contribution in [1.82, 2.24) is 0 Å². The first-order valence-electron chi connectivity index (χ1n) is 5.73. The molecule has 1 aliphatic rings. The van der Waals surface area contributed by atoms with Crippen LogP contribution in [0.15, 0.2) is 18.2 Å². The summed E-state index contributed by atoms with van der Waals surface area (Å²) in [6, 6.07) is 7.70. The van der Waals surface area contributed by atoms with Crippen molar-refractivity contribution in [1.29, 1.82) is 5.26 Å². The van der Waals surface area contributed by atoms with Gasteiger partial charge in [-0.05, 0) is 37.5 Å². The molecule has 1 aromatic rings.